The highest BCUT2D eigenvalue weighted by Gasteiger charge is 2.21. The third-order valence-corrected chi connectivity index (χ3v) is 22.4. The highest BCUT2D eigenvalue weighted by Crippen LogP contribution is 2.34. The van der Waals surface area contributed by atoms with Gasteiger partial charge in [-0.1, -0.05) is 64.6 Å². The summed E-state index contributed by atoms with van der Waals surface area (Å²) < 4.78 is 55.5. The average molecular weight is 2030 g/mol. The lowest BCUT2D eigenvalue weighted by atomic mass is 10.0. The first-order chi connectivity index (χ1) is 69.0. The van der Waals surface area contributed by atoms with E-state index in [4.69, 9.17) is 70.1 Å². The maximum absolute atomic E-state index is 14.0. The smallest absolute Gasteiger partial charge is 0.169 e. The minimum absolute atomic E-state index is 0.0229. The first-order valence-electron chi connectivity index (χ1n) is 43.3. The van der Waals surface area contributed by atoms with Crippen LogP contribution in [-0.4, -0.2) is 126 Å². The maximum atomic E-state index is 14.0. The maximum Gasteiger partial charge on any atom is 0.169 e. The summed E-state index contributed by atoms with van der Waals surface area (Å²) in [5.41, 5.74) is 11.8. The van der Waals surface area contributed by atoms with E-state index in [2.05, 4.69) is 84.7 Å². The van der Waals surface area contributed by atoms with Gasteiger partial charge in [0.25, 0.3) is 0 Å². The van der Waals surface area contributed by atoms with Crippen LogP contribution in [0.25, 0.3) is 0 Å². The second-order valence-corrected chi connectivity index (χ2v) is 34.9. The quantitative estimate of drug-likeness (QED) is 0.0377. The minimum Gasteiger partial charge on any atom is -0.456 e. The second kappa shape index (κ2) is 52.0. The van der Waals surface area contributed by atoms with Gasteiger partial charge in [0.2, 0.25) is 0 Å². The molecule has 0 aliphatic rings. The lowest BCUT2D eigenvalue weighted by Crippen LogP contribution is -2.12. The molecule has 0 radical (unpaired) electrons. The molecule has 143 heavy (non-hydrogen) atoms. The molecule has 12 heterocycles. The van der Waals surface area contributed by atoms with Gasteiger partial charge in [0.1, 0.15) is 87.8 Å². The van der Waals surface area contributed by atoms with Crippen LogP contribution in [0.5, 0.6) is 57.5 Å². The molecule has 18 aromatic rings. The molecule has 12 aromatic heterocycles. The van der Waals surface area contributed by atoms with E-state index in [-0.39, 0.29) is 73.2 Å². The van der Waals surface area contributed by atoms with Crippen LogP contribution in [0.15, 0.2) is 311 Å². The molecular weight excluding hydrogens is 1950 g/mol. The Morgan fingerprint density at radius 3 is 0.958 bits per heavy atom. The molecule has 0 saturated heterocycles. The number of Topliss-reactive ketones (excluding diaryl/α,β-unsaturated/α-hetero) is 6. The summed E-state index contributed by atoms with van der Waals surface area (Å²) in [5, 5.41) is 7.06. The molecule has 0 saturated carbocycles. The number of benzene rings is 6. The third kappa shape index (κ3) is 34.0. The van der Waals surface area contributed by atoms with E-state index >= 15 is 0 Å². The molecule has 0 unspecified atom stereocenters. The van der Waals surface area contributed by atoms with Gasteiger partial charge in [-0.25, -0.2) is 68.6 Å². The van der Waals surface area contributed by atoms with E-state index < -0.39 is 11.6 Å². The second-order valence-electron chi connectivity index (χ2n) is 31.2. The van der Waals surface area contributed by atoms with Crippen molar-refractivity contribution in [1.82, 2.24) is 84.7 Å². The van der Waals surface area contributed by atoms with Crippen molar-refractivity contribution in [2.24, 2.45) is 0 Å². The number of thiazole rings is 2. The number of hydrogen-bond donors (Lipinski definition) is 0. The Hall–Kier alpha value is -16.4. The first-order valence-corrected chi connectivity index (χ1v) is 46.6. The van der Waals surface area contributed by atoms with Crippen LogP contribution in [0.4, 0.5) is 20.2 Å². The van der Waals surface area contributed by atoms with E-state index in [0.717, 1.165) is 61.1 Å². The number of anilines is 2. The van der Waals surface area contributed by atoms with Crippen molar-refractivity contribution in [2.45, 2.75) is 80.1 Å². The fourth-order valence-electron chi connectivity index (χ4n) is 13.2. The van der Waals surface area contributed by atoms with Gasteiger partial charge < -0.3 is 28.6 Å². The number of nitrogens with zero attached hydrogens (tertiary/aromatic N) is 18. The Labute approximate surface area is 847 Å². The first kappa shape index (κ1) is 104. The summed E-state index contributed by atoms with van der Waals surface area (Å²) in [6.07, 6.45) is 28.2. The molecule has 0 spiro atoms. The normalized spacial score (nSPS) is 10.5. The molecule has 0 atom stereocenters. The molecule has 0 N–H and O–H groups in total. The molecule has 0 amide bonds. The van der Waals surface area contributed by atoms with Gasteiger partial charge in [-0.05, 0) is 217 Å². The average Bonchev–Trinajstić information content (AvgIpc) is 1.53. The van der Waals surface area contributed by atoms with Gasteiger partial charge in [-0.3, -0.25) is 53.7 Å². The van der Waals surface area contributed by atoms with Gasteiger partial charge in [-0.2, -0.15) is 0 Å². The number of aryl methyl sites for hydroxylation is 6. The molecule has 718 valence electrons. The Bertz CT molecular complexity index is 6860. The summed E-state index contributed by atoms with van der Waals surface area (Å²) >= 11 is 27.3. The summed E-state index contributed by atoms with van der Waals surface area (Å²) in [6, 6.07) is 52.1. The molecule has 6 aromatic carbocycles. The van der Waals surface area contributed by atoms with Crippen LogP contribution < -0.4 is 28.6 Å². The Morgan fingerprint density at radius 1 is 0.287 bits per heavy atom. The van der Waals surface area contributed by atoms with E-state index in [1.54, 1.807) is 140 Å². The molecule has 0 aliphatic heterocycles. The predicted molar refractivity (Wildman–Crippen MR) is 539 cm³/mol. The highest BCUT2D eigenvalue weighted by atomic mass is 35.5. The molecule has 18 rings (SSSR count). The largest absolute Gasteiger partial charge is 0.456 e. The number of halogens is 6. The molecule has 37 heteroatoms. The van der Waals surface area contributed by atoms with Crippen molar-refractivity contribution < 1.29 is 61.2 Å². The number of carbonyl (C=O) groups excluding carboxylic acids is 6. The highest BCUT2D eigenvalue weighted by molar-refractivity contribution is 7.10. The predicted octanol–water partition coefficient (Wildman–Crippen LogP) is 24.0. The number of carbonyl (C=O) groups is 6. The fraction of sp³-hybridized carbons (Fsp3) is 0.123. The lowest BCUT2D eigenvalue weighted by Gasteiger charge is -2.19. The van der Waals surface area contributed by atoms with Crippen LogP contribution in [0, 0.1) is 53.2 Å². The Kier molecular flexibility index (Phi) is 37.8. The minimum atomic E-state index is -0.463. The van der Waals surface area contributed by atoms with Crippen molar-refractivity contribution in [3.05, 3.63) is 443 Å². The molecule has 29 nitrogen and oxygen atoms in total. The topological polar surface area (TPSA) is 371 Å². The molecule has 0 bridgehead atoms. The monoisotopic (exact) mass is 2030 g/mol. The number of pyridine rings is 5. The van der Waals surface area contributed by atoms with Crippen LogP contribution in [0.1, 0.15) is 129 Å². The Morgan fingerprint density at radius 2 is 0.615 bits per heavy atom. The van der Waals surface area contributed by atoms with Gasteiger partial charge >= 0.3 is 0 Å². The fourth-order valence-corrected chi connectivity index (χ4v) is 15.7. The summed E-state index contributed by atoms with van der Waals surface area (Å²) in [5.74, 6) is 3.39. The van der Waals surface area contributed by atoms with Crippen molar-refractivity contribution in [3.8, 4) is 57.5 Å². The van der Waals surface area contributed by atoms with Crippen LogP contribution in [-0.2, 0) is 38.5 Å². The number of ether oxygens (including phenoxy) is 5. The van der Waals surface area contributed by atoms with Crippen molar-refractivity contribution >= 4 is 115 Å². The number of aromatic nitrogens is 17. The zero-order chi connectivity index (χ0) is 101. The number of ketones is 6. The Balaban J connectivity index is 0.000000144. The van der Waals surface area contributed by atoms with E-state index in [1.165, 1.54) is 134 Å². The zero-order valence-electron chi connectivity index (χ0n) is 77.3. The van der Waals surface area contributed by atoms with Crippen molar-refractivity contribution in [1.29, 1.82) is 0 Å². The van der Waals surface area contributed by atoms with Gasteiger partial charge in [0, 0.05) is 135 Å². The SMILES string of the molecule is Cc1cc(Oc2cncnc2)cc(C(=O)Cc2cc(F)ccn2)c1.Cc1cccc(CC(=O)c2cc(Cl)cc(Oc3cncnc3)c2)n1.Cc1cccc(CC(=O)c2cc(Cl)cc(Oc3cncnc3)c2)n1.Cc1cccc(CC(=O)c2cc(Cl)cc(Oc3cncnc3)c2)n1.Cc1csc(CC(=O)c2cc(Cl)cc(Oc3cccnc3)c2)n1.Cc1csc(CC(=O)c2cc(F)cc(N(C)c3cncnc3)c2)n1. The molecule has 0 aliphatic carbocycles. The summed E-state index contributed by atoms with van der Waals surface area (Å²) in [6.45, 7) is 11.3. The van der Waals surface area contributed by atoms with E-state index in [0.29, 0.717) is 128 Å². The molecular formula is C106H84Cl4F2N18O11S2. The summed E-state index contributed by atoms with van der Waals surface area (Å²) in [7, 11) is 1.77. The summed E-state index contributed by atoms with van der Waals surface area (Å²) in [4.78, 5) is 145. The zero-order valence-corrected chi connectivity index (χ0v) is 82.0. The van der Waals surface area contributed by atoms with Crippen molar-refractivity contribution in [3.63, 3.8) is 0 Å². The third-order valence-electron chi connectivity index (χ3n) is 19.6. The number of hydrogen-bond acceptors (Lipinski definition) is 31. The van der Waals surface area contributed by atoms with Crippen LogP contribution in [0.2, 0.25) is 20.1 Å². The van der Waals surface area contributed by atoms with E-state index in [1.807, 2.05) is 113 Å². The lowest BCUT2D eigenvalue weighted by molar-refractivity contribution is 0.0983. The molecule has 0 fully saturated rings. The van der Waals surface area contributed by atoms with Gasteiger partial charge in [0.05, 0.1) is 118 Å². The number of rotatable bonds is 30. The van der Waals surface area contributed by atoms with Crippen molar-refractivity contribution in [2.75, 3.05) is 11.9 Å². The van der Waals surface area contributed by atoms with Gasteiger partial charge in [0.15, 0.2) is 57.7 Å². The van der Waals surface area contributed by atoms with Crippen LogP contribution >= 0.6 is 69.1 Å². The standard InChI is InChI=1S/3C18H14ClN3O2.C18H14FN3O2.C17H13ClN2O2S.C17H15FN4OS/c3*1-12-3-2-4-15(22-12)8-18(23)13-5-14(19)7-16(6-13)24-17-9-20-11-21-10-17;1-12-4-13(18(23)8-15-7-14(19)2-3-22-15)6-16(5-12)24-17-9-20-11-21-10-17;1-11-10-23-17(20-11)8-16(21)12-5-13(18)7-15(6-12)22-14-3-2-4-19-9-14;1-11-9-24-17(21-11)6-16(23)12-3-13(18)5-14(4-12)22(2)15-7-19-10-20-8-15/h4*2-7,9-11H,8H2,1H3;2-7,9-10H,8H2,1H3;3-5,7-10H,6H2,1-2H3. The van der Waals surface area contributed by atoms with Gasteiger partial charge in [-0.15, -0.1) is 22.7 Å². The van der Waals surface area contributed by atoms with Crippen LogP contribution in [0.3, 0.4) is 0 Å². The van der Waals surface area contributed by atoms with E-state index in [9.17, 15) is 37.5 Å².